The minimum absolute atomic E-state index is 0.0238. The second kappa shape index (κ2) is 15.0. The standard InChI is InChI=1S/C36H38F3NO7/c1-4-5-6-7-18-44-26-12-9-25(10-13-26)35(42)46-30-15-14-28-31(41)33(45-27-11-8-23(2)24(3)21-27)34(36(37,38)39)47-32(28)29(30)22-40-16-19-43-20-17-40/h8-15,21H,4-7,16-20,22H2,1-3H3. The van der Waals surface area contributed by atoms with Gasteiger partial charge < -0.3 is 23.4 Å². The molecule has 0 bridgehead atoms. The molecule has 11 heteroatoms. The summed E-state index contributed by atoms with van der Waals surface area (Å²) in [6.45, 7) is 8.18. The van der Waals surface area contributed by atoms with Crippen LogP contribution in [0, 0.1) is 13.8 Å². The van der Waals surface area contributed by atoms with Crippen LogP contribution in [0.4, 0.5) is 13.2 Å². The number of benzene rings is 3. The second-order valence-electron chi connectivity index (χ2n) is 11.6. The summed E-state index contributed by atoms with van der Waals surface area (Å²) in [7, 11) is 0. The van der Waals surface area contributed by atoms with Crippen molar-refractivity contribution in [3.8, 4) is 23.0 Å². The lowest BCUT2D eigenvalue weighted by molar-refractivity contribution is -0.154. The van der Waals surface area contributed by atoms with E-state index in [9.17, 15) is 22.8 Å². The first kappa shape index (κ1) is 34.0. The predicted molar refractivity (Wildman–Crippen MR) is 171 cm³/mol. The number of aryl methyl sites for hydroxylation is 2. The lowest BCUT2D eigenvalue weighted by Crippen LogP contribution is -2.36. The van der Waals surface area contributed by atoms with Crippen molar-refractivity contribution in [3.63, 3.8) is 0 Å². The summed E-state index contributed by atoms with van der Waals surface area (Å²) in [5.74, 6) is -2.62. The molecule has 3 aromatic carbocycles. The predicted octanol–water partition coefficient (Wildman–Crippen LogP) is 8.23. The van der Waals surface area contributed by atoms with Crippen LogP contribution in [0.1, 0.15) is 65.4 Å². The minimum atomic E-state index is -5.06. The number of nitrogens with zero attached hydrogens (tertiary/aromatic N) is 1. The van der Waals surface area contributed by atoms with Crippen LogP contribution in [0.15, 0.2) is 63.8 Å². The first-order valence-corrected chi connectivity index (χ1v) is 15.7. The first-order valence-electron chi connectivity index (χ1n) is 15.7. The normalized spacial score (nSPS) is 13.9. The number of alkyl halides is 3. The van der Waals surface area contributed by atoms with Crippen molar-refractivity contribution < 1.29 is 41.3 Å². The lowest BCUT2D eigenvalue weighted by Gasteiger charge is -2.27. The Labute approximate surface area is 271 Å². The molecule has 47 heavy (non-hydrogen) atoms. The Balaban J connectivity index is 1.50. The van der Waals surface area contributed by atoms with E-state index in [1.54, 1.807) is 43.3 Å². The highest BCUT2D eigenvalue weighted by molar-refractivity contribution is 5.92. The number of fused-ring (bicyclic) bond motifs is 1. The van der Waals surface area contributed by atoms with Crippen molar-refractivity contribution in [2.75, 3.05) is 32.9 Å². The molecule has 5 rings (SSSR count). The number of esters is 1. The van der Waals surface area contributed by atoms with E-state index in [1.165, 1.54) is 18.2 Å². The van der Waals surface area contributed by atoms with Gasteiger partial charge in [-0.25, -0.2) is 4.79 Å². The molecule has 250 valence electrons. The van der Waals surface area contributed by atoms with Gasteiger partial charge in [0.05, 0.1) is 36.3 Å². The highest BCUT2D eigenvalue weighted by Crippen LogP contribution is 2.40. The molecule has 0 atom stereocenters. The molecule has 0 spiro atoms. The SMILES string of the molecule is CCCCCCOc1ccc(C(=O)Oc2ccc3c(=O)c(Oc4ccc(C)c(C)c4)c(C(F)(F)F)oc3c2CN2CCOCC2)cc1. The van der Waals surface area contributed by atoms with E-state index in [2.05, 4.69) is 6.92 Å². The van der Waals surface area contributed by atoms with Gasteiger partial charge in [0.1, 0.15) is 22.8 Å². The van der Waals surface area contributed by atoms with Gasteiger partial charge in [-0.2, -0.15) is 13.2 Å². The number of hydrogen-bond donors (Lipinski definition) is 0. The molecule has 1 fully saturated rings. The topological polar surface area (TPSA) is 87.4 Å². The van der Waals surface area contributed by atoms with Crippen LogP contribution in [0.3, 0.4) is 0 Å². The summed E-state index contributed by atoms with van der Waals surface area (Å²) < 4.78 is 71.4. The summed E-state index contributed by atoms with van der Waals surface area (Å²) in [6.07, 6.45) is -0.798. The molecule has 1 aliphatic heterocycles. The van der Waals surface area contributed by atoms with Gasteiger partial charge >= 0.3 is 12.1 Å². The molecule has 2 heterocycles. The highest BCUT2D eigenvalue weighted by atomic mass is 19.4. The highest BCUT2D eigenvalue weighted by Gasteiger charge is 2.41. The maximum Gasteiger partial charge on any atom is 0.453 e. The van der Waals surface area contributed by atoms with Crippen LogP contribution >= 0.6 is 0 Å². The Morgan fingerprint density at radius 1 is 0.915 bits per heavy atom. The maximum absolute atomic E-state index is 14.5. The van der Waals surface area contributed by atoms with Gasteiger partial charge in [0, 0.05) is 19.6 Å². The first-order chi connectivity index (χ1) is 22.5. The molecule has 0 radical (unpaired) electrons. The number of ether oxygens (including phenoxy) is 4. The summed E-state index contributed by atoms with van der Waals surface area (Å²) in [5, 5.41) is -0.139. The van der Waals surface area contributed by atoms with Crippen LogP contribution in [0.25, 0.3) is 11.0 Å². The molecule has 0 unspecified atom stereocenters. The van der Waals surface area contributed by atoms with Crippen molar-refractivity contribution >= 4 is 16.9 Å². The van der Waals surface area contributed by atoms with E-state index in [-0.39, 0.29) is 40.1 Å². The van der Waals surface area contributed by atoms with E-state index < -0.39 is 29.1 Å². The second-order valence-corrected chi connectivity index (χ2v) is 11.6. The molecule has 0 saturated carbocycles. The largest absolute Gasteiger partial charge is 0.494 e. The summed E-state index contributed by atoms with van der Waals surface area (Å²) in [4.78, 5) is 28.8. The molecule has 4 aromatic rings. The molecular formula is C36H38F3NO7. The Morgan fingerprint density at radius 3 is 2.32 bits per heavy atom. The number of hydrogen-bond acceptors (Lipinski definition) is 8. The number of morpholine rings is 1. The summed E-state index contributed by atoms with van der Waals surface area (Å²) in [5.41, 5.74) is 0.711. The molecule has 8 nitrogen and oxygen atoms in total. The quantitative estimate of drug-likeness (QED) is 0.0859. The van der Waals surface area contributed by atoms with Crippen LogP contribution < -0.4 is 19.6 Å². The third-order valence-corrected chi connectivity index (χ3v) is 8.08. The molecule has 1 saturated heterocycles. The van der Waals surface area contributed by atoms with Gasteiger partial charge in [0.2, 0.25) is 11.2 Å². The van der Waals surface area contributed by atoms with Gasteiger partial charge in [0.15, 0.2) is 0 Å². The fourth-order valence-electron chi connectivity index (χ4n) is 5.25. The Morgan fingerprint density at radius 2 is 1.64 bits per heavy atom. The molecule has 1 aromatic heterocycles. The van der Waals surface area contributed by atoms with Crippen LogP contribution in [0.2, 0.25) is 0 Å². The van der Waals surface area contributed by atoms with Gasteiger partial charge in [-0.15, -0.1) is 0 Å². The number of halogens is 3. The zero-order valence-corrected chi connectivity index (χ0v) is 26.7. The van der Waals surface area contributed by atoms with E-state index >= 15 is 0 Å². The fraction of sp³-hybridized carbons (Fsp3) is 0.389. The van der Waals surface area contributed by atoms with Crippen molar-refractivity contribution in [1.82, 2.24) is 4.90 Å². The average Bonchev–Trinajstić information content (AvgIpc) is 3.05. The van der Waals surface area contributed by atoms with Gasteiger partial charge in [0.25, 0.3) is 5.76 Å². The van der Waals surface area contributed by atoms with E-state index in [4.69, 9.17) is 23.4 Å². The molecule has 0 aliphatic carbocycles. The van der Waals surface area contributed by atoms with Gasteiger partial charge in [-0.3, -0.25) is 9.69 Å². The number of rotatable bonds is 12. The zero-order valence-electron chi connectivity index (χ0n) is 26.7. The fourth-order valence-corrected chi connectivity index (χ4v) is 5.25. The average molecular weight is 654 g/mol. The molecular weight excluding hydrogens is 615 g/mol. The minimum Gasteiger partial charge on any atom is -0.494 e. The molecule has 1 aliphatic rings. The third-order valence-electron chi connectivity index (χ3n) is 8.08. The van der Waals surface area contributed by atoms with Crippen molar-refractivity contribution in [3.05, 3.63) is 92.8 Å². The Hall–Kier alpha value is -4.35. The Kier molecular flexibility index (Phi) is 10.9. The third kappa shape index (κ3) is 8.33. The number of carbonyl (C=O) groups excluding carboxylic acids is 1. The number of unbranched alkanes of at least 4 members (excludes halogenated alkanes) is 3. The van der Waals surface area contributed by atoms with E-state index in [1.807, 2.05) is 11.8 Å². The van der Waals surface area contributed by atoms with Crippen LogP contribution in [-0.2, 0) is 17.5 Å². The summed E-state index contributed by atoms with van der Waals surface area (Å²) in [6, 6.07) is 13.9. The van der Waals surface area contributed by atoms with Crippen LogP contribution in [-0.4, -0.2) is 43.8 Å². The van der Waals surface area contributed by atoms with Crippen molar-refractivity contribution in [2.45, 2.75) is 59.2 Å². The number of carbonyl (C=O) groups is 1. The lowest BCUT2D eigenvalue weighted by atomic mass is 10.1. The summed E-state index contributed by atoms with van der Waals surface area (Å²) >= 11 is 0. The monoisotopic (exact) mass is 653 g/mol. The Bertz CT molecular complexity index is 1760. The van der Waals surface area contributed by atoms with Gasteiger partial charge in [-0.1, -0.05) is 32.3 Å². The van der Waals surface area contributed by atoms with Crippen molar-refractivity contribution in [2.24, 2.45) is 0 Å². The van der Waals surface area contributed by atoms with E-state index in [0.717, 1.165) is 36.8 Å². The maximum atomic E-state index is 14.5. The van der Waals surface area contributed by atoms with Crippen LogP contribution in [0.5, 0.6) is 23.0 Å². The molecule has 0 amide bonds. The smallest absolute Gasteiger partial charge is 0.453 e. The van der Waals surface area contributed by atoms with Crippen molar-refractivity contribution in [1.29, 1.82) is 0 Å². The van der Waals surface area contributed by atoms with E-state index in [0.29, 0.717) is 38.7 Å². The molecule has 0 N–H and O–H groups in total. The van der Waals surface area contributed by atoms with Gasteiger partial charge in [-0.05, 0) is 79.9 Å². The zero-order chi connectivity index (χ0) is 33.6.